The Morgan fingerprint density at radius 2 is 1.73 bits per heavy atom. The summed E-state index contributed by atoms with van der Waals surface area (Å²) in [6.07, 6.45) is -4.73. The minimum absolute atomic E-state index is 0.0256. The summed E-state index contributed by atoms with van der Waals surface area (Å²) in [5.41, 5.74) is -0.546. The Balaban J connectivity index is 1.57. The smallest absolute Gasteiger partial charge is 0.416 e. The number of carbonyl (C=O) groups is 4. The van der Waals surface area contributed by atoms with Gasteiger partial charge in [-0.3, -0.25) is 19.2 Å². The van der Waals surface area contributed by atoms with Crippen molar-refractivity contribution < 1.29 is 37.5 Å². The van der Waals surface area contributed by atoms with Crippen LogP contribution in [-0.4, -0.2) is 64.3 Å². The molecule has 0 bridgehead atoms. The summed E-state index contributed by atoms with van der Waals surface area (Å²) in [7, 11) is 0. The van der Waals surface area contributed by atoms with Gasteiger partial charge >= 0.3 is 12.1 Å². The van der Waals surface area contributed by atoms with Crippen molar-refractivity contribution in [2.24, 2.45) is 5.41 Å². The lowest BCUT2D eigenvalue weighted by Gasteiger charge is -2.40. The quantitative estimate of drug-likeness (QED) is 0.626. The summed E-state index contributed by atoms with van der Waals surface area (Å²) < 4.78 is 39.5. The highest BCUT2D eigenvalue weighted by molar-refractivity contribution is 6.10. The van der Waals surface area contributed by atoms with Gasteiger partial charge in [0.25, 0.3) is 5.91 Å². The Kier molecular flexibility index (Phi) is 6.74. The van der Waals surface area contributed by atoms with Crippen LogP contribution in [0.1, 0.15) is 42.6 Å². The number of carboxylic acid groups (broad SMARTS) is 1. The van der Waals surface area contributed by atoms with Crippen molar-refractivity contribution in [3.05, 3.63) is 53.6 Å². The Morgan fingerprint density at radius 3 is 2.41 bits per heavy atom. The summed E-state index contributed by atoms with van der Waals surface area (Å²) >= 11 is 0. The van der Waals surface area contributed by atoms with Crippen molar-refractivity contribution in [3.8, 4) is 11.1 Å². The Labute approximate surface area is 211 Å². The van der Waals surface area contributed by atoms with Gasteiger partial charge in [0, 0.05) is 19.5 Å². The zero-order valence-corrected chi connectivity index (χ0v) is 20.3. The molecule has 2 N–H and O–H groups in total. The fourth-order valence-corrected chi connectivity index (χ4v) is 4.73. The highest BCUT2D eigenvalue weighted by Crippen LogP contribution is 2.35. The summed E-state index contributed by atoms with van der Waals surface area (Å²) in [6, 6.07) is 8.28. The maximum absolute atomic E-state index is 13.4. The SMILES string of the molecule is CC(C)(CC(=O)O)CC(=O)N1CCN2C(=O)c3cc(-c4cccc(C(F)(F)F)c4)ccc3NC(=O)C2C1. The number of nitrogens with zero attached hydrogens (tertiary/aromatic N) is 2. The number of aliphatic carboxylic acids is 1. The van der Waals surface area contributed by atoms with Crippen LogP contribution in [0.4, 0.5) is 18.9 Å². The van der Waals surface area contributed by atoms with E-state index in [9.17, 15) is 32.3 Å². The van der Waals surface area contributed by atoms with E-state index < -0.39 is 41.0 Å². The number of nitrogens with one attached hydrogen (secondary N) is 1. The zero-order chi connectivity index (χ0) is 27.1. The van der Waals surface area contributed by atoms with Gasteiger partial charge in [-0.25, -0.2) is 0 Å². The normalized spacial score (nSPS) is 18.0. The maximum atomic E-state index is 13.4. The lowest BCUT2D eigenvalue weighted by atomic mass is 9.85. The van der Waals surface area contributed by atoms with Gasteiger partial charge in [-0.1, -0.05) is 32.0 Å². The second-order valence-electron chi connectivity index (χ2n) is 10.1. The van der Waals surface area contributed by atoms with Crippen LogP contribution in [-0.2, 0) is 20.6 Å². The van der Waals surface area contributed by atoms with Crippen molar-refractivity contribution in [1.82, 2.24) is 9.80 Å². The highest BCUT2D eigenvalue weighted by Gasteiger charge is 2.41. The van der Waals surface area contributed by atoms with Crippen LogP contribution >= 0.6 is 0 Å². The van der Waals surface area contributed by atoms with Gasteiger partial charge in [-0.15, -0.1) is 0 Å². The number of carboxylic acids is 1. The minimum Gasteiger partial charge on any atom is -0.481 e. The molecule has 0 aliphatic carbocycles. The number of amides is 3. The number of hydrogen-bond donors (Lipinski definition) is 2. The molecule has 2 aromatic rings. The van der Waals surface area contributed by atoms with Crippen molar-refractivity contribution >= 4 is 29.4 Å². The molecule has 4 rings (SSSR count). The molecule has 2 aliphatic heterocycles. The fraction of sp³-hybridized carbons (Fsp3) is 0.385. The van der Waals surface area contributed by atoms with E-state index in [2.05, 4.69) is 5.32 Å². The van der Waals surface area contributed by atoms with E-state index in [-0.39, 0.29) is 55.2 Å². The molecule has 0 aromatic heterocycles. The molecule has 3 amide bonds. The lowest BCUT2D eigenvalue weighted by Crippen LogP contribution is -2.59. The Bertz CT molecular complexity index is 1270. The molecule has 2 heterocycles. The molecule has 1 atom stereocenters. The number of halogens is 3. The van der Waals surface area contributed by atoms with Crippen LogP contribution in [0.3, 0.4) is 0 Å². The second-order valence-corrected chi connectivity index (χ2v) is 10.1. The van der Waals surface area contributed by atoms with Gasteiger partial charge in [0.15, 0.2) is 0 Å². The number of alkyl halides is 3. The highest BCUT2D eigenvalue weighted by atomic mass is 19.4. The summed E-state index contributed by atoms with van der Waals surface area (Å²) in [6.45, 7) is 3.55. The maximum Gasteiger partial charge on any atom is 0.416 e. The van der Waals surface area contributed by atoms with E-state index in [1.54, 1.807) is 13.8 Å². The molecular weight excluding hydrogens is 491 g/mol. The van der Waals surface area contributed by atoms with Crippen LogP contribution < -0.4 is 5.32 Å². The topological polar surface area (TPSA) is 107 Å². The number of carbonyl (C=O) groups excluding carboxylic acids is 3. The third kappa shape index (κ3) is 5.60. The first-order chi connectivity index (χ1) is 17.2. The Hall–Kier alpha value is -3.89. The largest absolute Gasteiger partial charge is 0.481 e. The summed E-state index contributed by atoms with van der Waals surface area (Å²) in [4.78, 5) is 53.3. The number of rotatable bonds is 5. The Morgan fingerprint density at radius 1 is 1.03 bits per heavy atom. The average molecular weight is 518 g/mol. The van der Waals surface area contributed by atoms with E-state index >= 15 is 0 Å². The third-order valence-electron chi connectivity index (χ3n) is 6.59. The predicted octanol–water partition coefficient (Wildman–Crippen LogP) is 3.87. The number of fused-ring (bicyclic) bond motifs is 2. The fourth-order valence-electron chi connectivity index (χ4n) is 4.73. The third-order valence-corrected chi connectivity index (χ3v) is 6.59. The van der Waals surface area contributed by atoms with Gasteiger partial charge in [0.05, 0.1) is 29.8 Å². The molecule has 1 fully saturated rings. The van der Waals surface area contributed by atoms with Gasteiger partial charge in [0.1, 0.15) is 6.04 Å². The van der Waals surface area contributed by atoms with Crippen LogP contribution in [0, 0.1) is 5.41 Å². The van der Waals surface area contributed by atoms with Gasteiger partial charge < -0.3 is 20.2 Å². The monoisotopic (exact) mass is 517 g/mol. The number of anilines is 1. The molecule has 0 spiro atoms. The van der Waals surface area contributed by atoms with Crippen LogP contribution in [0.5, 0.6) is 0 Å². The molecule has 0 saturated carbocycles. The molecule has 8 nitrogen and oxygen atoms in total. The number of hydrogen-bond acceptors (Lipinski definition) is 4. The molecule has 1 saturated heterocycles. The molecule has 11 heteroatoms. The minimum atomic E-state index is -4.52. The molecule has 1 unspecified atom stereocenters. The zero-order valence-electron chi connectivity index (χ0n) is 20.3. The van der Waals surface area contributed by atoms with E-state index in [0.29, 0.717) is 5.56 Å². The van der Waals surface area contributed by atoms with Crippen LogP contribution in [0.2, 0.25) is 0 Å². The molecule has 196 valence electrons. The summed E-state index contributed by atoms with van der Waals surface area (Å²) in [5.74, 6) is -2.27. The molecule has 0 radical (unpaired) electrons. The van der Waals surface area contributed by atoms with Crippen molar-refractivity contribution in [1.29, 1.82) is 0 Å². The molecule has 2 aromatic carbocycles. The van der Waals surface area contributed by atoms with E-state index in [1.807, 2.05) is 0 Å². The number of benzene rings is 2. The van der Waals surface area contributed by atoms with Gasteiger partial charge in [-0.2, -0.15) is 13.2 Å². The second kappa shape index (κ2) is 9.53. The van der Waals surface area contributed by atoms with Crippen molar-refractivity contribution in [2.75, 3.05) is 25.0 Å². The van der Waals surface area contributed by atoms with Crippen LogP contribution in [0.15, 0.2) is 42.5 Å². The van der Waals surface area contributed by atoms with E-state index in [4.69, 9.17) is 5.11 Å². The van der Waals surface area contributed by atoms with Gasteiger partial charge in [-0.05, 0) is 40.8 Å². The number of piperazine rings is 1. The van der Waals surface area contributed by atoms with Crippen molar-refractivity contribution in [3.63, 3.8) is 0 Å². The van der Waals surface area contributed by atoms with E-state index in [0.717, 1.165) is 12.1 Å². The lowest BCUT2D eigenvalue weighted by molar-refractivity contribution is -0.142. The first kappa shape index (κ1) is 26.2. The summed E-state index contributed by atoms with van der Waals surface area (Å²) in [5, 5.41) is 11.8. The standard InChI is InChI=1S/C26H26F3N3O5/c1-25(2,13-22(34)35)12-21(33)31-8-9-32-20(14-31)23(36)30-19-7-6-16(11-18(19)24(32)37)15-4-3-5-17(10-15)26(27,28)29/h3-7,10-11,20H,8-9,12-14H2,1-2H3,(H,30,36)(H,34,35). The predicted molar refractivity (Wildman–Crippen MR) is 128 cm³/mol. The average Bonchev–Trinajstić information content (AvgIpc) is 2.91. The van der Waals surface area contributed by atoms with Gasteiger partial charge in [0.2, 0.25) is 11.8 Å². The van der Waals surface area contributed by atoms with Crippen LogP contribution in [0.25, 0.3) is 11.1 Å². The van der Waals surface area contributed by atoms with E-state index in [1.165, 1.54) is 40.1 Å². The molecular formula is C26H26F3N3O5. The molecule has 37 heavy (non-hydrogen) atoms. The molecule has 2 aliphatic rings. The first-order valence-corrected chi connectivity index (χ1v) is 11.7. The van der Waals surface area contributed by atoms with Crippen molar-refractivity contribution in [2.45, 2.75) is 38.9 Å². The first-order valence-electron chi connectivity index (χ1n) is 11.7.